The van der Waals surface area contributed by atoms with Crippen LogP contribution in [-0.2, 0) is 4.79 Å². The number of aliphatic hydroxyl groups excluding tert-OH is 1. The molecule has 1 aliphatic rings. The van der Waals surface area contributed by atoms with Crippen LogP contribution in [0.15, 0.2) is 59.6 Å². The molecule has 6 nitrogen and oxygen atoms in total. The molecule has 2 aromatic carbocycles. The number of hydrogen-bond donors (Lipinski definition) is 2. The van der Waals surface area contributed by atoms with Gasteiger partial charge in [-0.1, -0.05) is 11.6 Å². The molecule has 3 aromatic rings. The highest BCUT2D eigenvalue weighted by Gasteiger charge is 2.34. The van der Waals surface area contributed by atoms with Crippen molar-refractivity contribution in [1.29, 1.82) is 0 Å². The molecule has 1 saturated heterocycles. The van der Waals surface area contributed by atoms with Crippen molar-refractivity contribution in [3.8, 4) is 5.75 Å². The quantitative estimate of drug-likeness (QED) is 0.344. The fourth-order valence-electron chi connectivity index (χ4n) is 4.81. The van der Waals surface area contributed by atoms with Crippen molar-refractivity contribution in [2.24, 2.45) is 11.8 Å². The summed E-state index contributed by atoms with van der Waals surface area (Å²) in [5.41, 5.74) is 1.60. The van der Waals surface area contributed by atoms with E-state index in [-0.39, 0.29) is 5.92 Å². The number of piperidine rings is 1. The van der Waals surface area contributed by atoms with Crippen LogP contribution in [0.1, 0.15) is 30.9 Å². The van der Waals surface area contributed by atoms with Gasteiger partial charge < -0.3 is 19.8 Å². The van der Waals surface area contributed by atoms with Crippen molar-refractivity contribution in [3.05, 3.63) is 65.3 Å². The van der Waals surface area contributed by atoms with Crippen molar-refractivity contribution >= 4 is 40.2 Å². The number of aliphatic hydroxyl groups is 1. The standard InChI is InChI=1S/C27H31ClN2O4S/c1-34-20-5-8-25-23(16-20)22(10-12-29-25)26(31)9-2-18-11-13-30(17-24(18)27(32)33)14-15-35-21-6-3-19(28)4-7-21/h3-8,10,12,16,18,24,26,31H,2,9,11,13-15,17H2,1H3,(H,32,33)/t18-,24+,26+/m1/s1. The predicted molar refractivity (Wildman–Crippen MR) is 140 cm³/mol. The van der Waals surface area contributed by atoms with Crippen LogP contribution < -0.4 is 4.74 Å². The van der Waals surface area contributed by atoms with Crippen LogP contribution in [0.4, 0.5) is 0 Å². The van der Waals surface area contributed by atoms with E-state index in [0.29, 0.717) is 25.1 Å². The summed E-state index contributed by atoms with van der Waals surface area (Å²) in [5.74, 6) is 0.483. The second-order valence-electron chi connectivity index (χ2n) is 8.97. The Morgan fingerprint density at radius 1 is 1.26 bits per heavy atom. The Balaban J connectivity index is 1.32. The summed E-state index contributed by atoms with van der Waals surface area (Å²) < 4.78 is 5.33. The normalized spacial score (nSPS) is 19.5. The number of ether oxygens (including phenoxy) is 1. The van der Waals surface area contributed by atoms with E-state index >= 15 is 0 Å². The van der Waals surface area contributed by atoms with Gasteiger partial charge in [-0.15, -0.1) is 11.8 Å². The third kappa shape index (κ3) is 6.67. The molecule has 3 atom stereocenters. The first-order chi connectivity index (χ1) is 16.9. The number of fused-ring (bicyclic) bond motifs is 1. The Kier molecular flexibility index (Phi) is 8.89. The van der Waals surface area contributed by atoms with Crippen LogP contribution in [-0.4, -0.2) is 58.6 Å². The van der Waals surface area contributed by atoms with Gasteiger partial charge in [0.1, 0.15) is 5.75 Å². The number of halogens is 1. The summed E-state index contributed by atoms with van der Waals surface area (Å²) in [6.07, 6.45) is 3.01. The van der Waals surface area contributed by atoms with Crippen molar-refractivity contribution < 1.29 is 19.7 Å². The van der Waals surface area contributed by atoms with Gasteiger partial charge in [0.25, 0.3) is 0 Å². The Hall–Kier alpha value is -2.32. The van der Waals surface area contributed by atoms with E-state index in [9.17, 15) is 15.0 Å². The number of carboxylic acids is 1. The van der Waals surface area contributed by atoms with Gasteiger partial charge in [-0.2, -0.15) is 0 Å². The molecule has 35 heavy (non-hydrogen) atoms. The van der Waals surface area contributed by atoms with E-state index < -0.39 is 18.0 Å². The number of nitrogens with zero attached hydrogens (tertiary/aromatic N) is 2. The van der Waals surface area contributed by atoms with Crippen molar-refractivity contribution in [2.45, 2.75) is 30.3 Å². The van der Waals surface area contributed by atoms with Gasteiger partial charge in [0.15, 0.2) is 0 Å². The number of pyridine rings is 1. The molecule has 0 aliphatic carbocycles. The largest absolute Gasteiger partial charge is 0.497 e. The van der Waals surface area contributed by atoms with Crippen LogP contribution in [0.3, 0.4) is 0 Å². The van der Waals surface area contributed by atoms with Crippen LogP contribution >= 0.6 is 23.4 Å². The summed E-state index contributed by atoms with van der Waals surface area (Å²) in [6, 6.07) is 15.2. The molecule has 2 N–H and O–H groups in total. The van der Waals surface area contributed by atoms with E-state index in [1.165, 1.54) is 0 Å². The van der Waals surface area contributed by atoms with Crippen LogP contribution in [0.2, 0.25) is 5.02 Å². The highest BCUT2D eigenvalue weighted by atomic mass is 35.5. The monoisotopic (exact) mass is 514 g/mol. The van der Waals surface area contributed by atoms with Gasteiger partial charge in [0.2, 0.25) is 0 Å². The number of hydrogen-bond acceptors (Lipinski definition) is 6. The molecule has 0 amide bonds. The fraction of sp³-hybridized carbons (Fsp3) is 0.407. The molecule has 1 aromatic heterocycles. The lowest BCUT2D eigenvalue weighted by Crippen LogP contribution is -2.44. The smallest absolute Gasteiger partial charge is 0.308 e. The molecular formula is C27H31ClN2O4S. The van der Waals surface area contributed by atoms with Gasteiger partial charge in [-0.05, 0) is 85.8 Å². The first kappa shape index (κ1) is 25.8. The minimum atomic E-state index is -0.751. The highest BCUT2D eigenvalue weighted by molar-refractivity contribution is 7.99. The van der Waals surface area contributed by atoms with Gasteiger partial charge in [0.05, 0.1) is 24.6 Å². The van der Waals surface area contributed by atoms with Gasteiger partial charge in [-0.25, -0.2) is 0 Å². The number of benzene rings is 2. The minimum absolute atomic E-state index is 0.0463. The zero-order chi connectivity index (χ0) is 24.8. The minimum Gasteiger partial charge on any atom is -0.497 e. The number of aromatic nitrogens is 1. The van der Waals surface area contributed by atoms with E-state index in [2.05, 4.69) is 9.88 Å². The molecule has 4 rings (SSSR count). The number of rotatable bonds is 10. The SMILES string of the molecule is COc1ccc2nccc([C@@H](O)CC[C@@H]3CCN(CCSc4ccc(Cl)cc4)C[C@@H]3C(=O)O)c2c1. The molecule has 0 radical (unpaired) electrons. The fourth-order valence-corrected chi connectivity index (χ4v) is 5.85. The highest BCUT2D eigenvalue weighted by Crippen LogP contribution is 2.34. The Bertz CT molecular complexity index is 1140. The van der Waals surface area contributed by atoms with Gasteiger partial charge in [0, 0.05) is 40.3 Å². The first-order valence-corrected chi connectivity index (χ1v) is 13.2. The molecular weight excluding hydrogens is 484 g/mol. The second-order valence-corrected chi connectivity index (χ2v) is 10.6. The Morgan fingerprint density at radius 2 is 2.06 bits per heavy atom. The van der Waals surface area contributed by atoms with Crippen molar-refractivity contribution in [3.63, 3.8) is 0 Å². The lowest BCUT2D eigenvalue weighted by molar-refractivity contribution is -0.146. The summed E-state index contributed by atoms with van der Waals surface area (Å²) in [4.78, 5) is 19.9. The molecule has 186 valence electrons. The first-order valence-electron chi connectivity index (χ1n) is 11.9. The lowest BCUT2D eigenvalue weighted by atomic mass is 9.81. The van der Waals surface area contributed by atoms with Crippen LogP contribution in [0.25, 0.3) is 10.9 Å². The summed E-state index contributed by atoms with van der Waals surface area (Å²) in [7, 11) is 1.61. The number of methoxy groups -OCH3 is 1. The number of thioether (sulfide) groups is 1. The molecule has 0 spiro atoms. The van der Waals surface area contributed by atoms with Crippen molar-refractivity contribution in [2.75, 3.05) is 32.5 Å². The average Bonchev–Trinajstić information content (AvgIpc) is 2.88. The van der Waals surface area contributed by atoms with Crippen LogP contribution in [0, 0.1) is 11.8 Å². The number of carbonyl (C=O) groups is 1. The number of likely N-dealkylation sites (tertiary alicyclic amines) is 1. The van der Waals surface area contributed by atoms with E-state index in [1.807, 2.05) is 48.5 Å². The maximum Gasteiger partial charge on any atom is 0.308 e. The topological polar surface area (TPSA) is 82.9 Å². The summed E-state index contributed by atoms with van der Waals surface area (Å²) in [5, 5.41) is 22.5. The van der Waals surface area contributed by atoms with Crippen molar-refractivity contribution in [1.82, 2.24) is 9.88 Å². The third-order valence-corrected chi connectivity index (χ3v) is 8.04. The van der Waals surface area contributed by atoms with Gasteiger partial charge in [-0.3, -0.25) is 9.78 Å². The van der Waals surface area contributed by atoms with E-state index in [0.717, 1.165) is 51.6 Å². The molecule has 0 saturated carbocycles. The number of aliphatic carboxylic acids is 1. The lowest BCUT2D eigenvalue weighted by Gasteiger charge is -2.37. The van der Waals surface area contributed by atoms with Gasteiger partial charge >= 0.3 is 5.97 Å². The predicted octanol–water partition coefficient (Wildman–Crippen LogP) is 5.53. The van der Waals surface area contributed by atoms with E-state index in [4.69, 9.17) is 16.3 Å². The average molecular weight is 515 g/mol. The summed E-state index contributed by atoms with van der Waals surface area (Å²) >= 11 is 7.70. The molecule has 0 bridgehead atoms. The maximum atomic E-state index is 12.1. The molecule has 1 fully saturated rings. The maximum absolute atomic E-state index is 12.1. The zero-order valence-corrected chi connectivity index (χ0v) is 21.3. The third-order valence-electron chi connectivity index (χ3n) is 6.80. The summed E-state index contributed by atoms with van der Waals surface area (Å²) in [6.45, 7) is 2.27. The molecule has 1 aliphatic heterocycles. The molecule has 0 unspecified atom stereocenters. The molecule has 8 heteroatoms. The Morgan fingerprint density at radius 3 is 2.80 bits per heavy atom. The molecule has 2 heterocycles. The van der Waals surface area contributed by atoms with Crippen LogP contribution in [0.5, 0.6) is 5.75 Å². The zero-order valence-electron chi connectivity index (χ0n) is 19.8. The van der Waals surface area contributed by atoms with E-state index in [1.54, 1.807) is 25.1 Å². The Labute approximate surface area is 215 Å². The second kappa shape index (κ2) is 12.1. The number of carboxylic acid groups (broad SMARTS) is 1.